The highest BCUT2D eigenvalue weighted by atomic mass is 35.5. The lowest BCUT2D eigenvalue weighted by molar-refractivity contribution is -0.115. The van der Waals surface area contributed by atoms with Crippen LogP contribution >= 0.6 is 11.6 Å². The van der Waals surface area contributed by atoms with E-state index in [4.69, 9.17) is 15.8 Å². The van der Waals surface area contributed by atoms with Gasteiger partial charge in [-0.2, -0.15) is 8.42 Å². The topological polar surface area (TPSA) is 102 Å². The number of benzene rings is 2. The number of nitrogens with one attached hydrogen (secondary N) is 2. The monoisotopic (exact) mass is 378 g/mol. The first-order valence-corrected chi connectivity index (χ1v) is 8.76. The zero-order valence-electron chi connectivity index (χ0n) is 12.5. The van der Waals surface area contributed by atoms with Crippen LogP contribution in [0.25, 0.3) is 6.08 Å². The molecule has 3 rings (SSSR count). The quantitative estimate of drug-likeness (QED) is 0.483. The summed E-state index contributed by atoms with van der Waals surface area (Å²) in [5.74, 6) is -0.423. The fourth-order valence-corrected chi connectivity index (χ4v) is 3.10. The Morgan fingerprint density at radius 2 is 1.56 bits per heavy atom. The highest BCUT2D eigenvalue weighted by Gasteiger charge is 2.22. The van der Waals surface area contributed by atoms with Gasteiger partial charge in [-0.15, -0.1) is 0 Å². The van der Waals surface area contributed by atoms with E-state index >= 15 is 0 Å². The molecule has 0 radical (unpaired) electrons. The van der Waals surface area contributed by atoms with E-state index in [0.29, 0.717) is 10.6 Å². The van der Waals surface area contributed by atoms with Crippen molar-refractivity contribution in [1.82, 2.24) is 10.6 Å². The van der Waals surface area contributed by atoms with Crippen molar-refractivity contribution in [2.45, 2.75) is 4.90 Å². The number of halogens is 1. The summed E-state index contributed by atoms with van der Waals surface area (Å²) in [6.07, 6.45) is 1.46. The summed E-state index contributed by atoms with van der Waals surface area (Å²) in [6, 6.07) is 11.0. The molecular formula is C16H11ClN2O5S. The first kappa shape index (κ1) is 17.0. The van der Waals surface area contributed by atoms with Gasteiger partial charge in [-0.25, -0.2) is 4.79 Å². The number of rotatable bonds is 4. The Bertz CT molecular complexity index is 967. The molecule has 0 unspecified atom stereocenters. The molecule has 1 aliphatic rings. The van der Waals surface area contributed by atoms with Gasteiger partial charge in [0.15, 0.2) is 0 Å². The average Bonchev–Trinajstić information content (AvgIpc) is 2.87. The van der Waals surface area contributed by atoms with E-state index in [1.165, 1.54) is 42.5 Å². The molecule has 2 aromatic rings. The van der Waals surface area contributed by atoms with Gasteiger partial charge < -0.3 is 9.50 Å². The second-order valence-corrected chi connectivity index (χ2v) is 7.01. The summed E-state index contributed by atoms with van der Waals surface area (Å²) in [4.78, 5) is 22.5. The normalized spacial score (nSPS) is 15.8. The van der Waals surface area contributed by atoms with E-state index in [1.807, 2.05) is 0 Å². The lowest BCUT2D eigenvalue weighted by Gasteiger charge is -2.07. The molecule has 1 aliphatic heterocycles. The highest BCUT2D eigenvalue weighted by Crippen LogP contribution is 2.21. The van der Waals surface area contributed by atoms with Crippen LogP contribution in [-0.4, -0.2) is 20.4 Å². The zero-order chi connectivity index (χ0) is 18.0. The molecule has 3 amide bonds. The number of hydrogen-bond donors (Lipinski definition) is 2. The Kier molecular flexibility index (Phi) is 4.47. The van der Waals surface area contributed by atoms with E-state index in [0.717, 1.165) is 0 Å². The molecule has 0 atom stereocenters. The second-order valence-electron chi connectivity index (χ2n) is 5.03. The van der Waals surface area contributed by atoms with Crippen LogP contribution in [-0.2, 0) is 14.9 Å². The maximum absolute atomic E-state index is 12.2. The van der Waals surface area contributed by atoms with Crippen LogP contribution in [0.2, 0.25) is 5.02 Å². The van der Waals surface area contributed by atoms with Crippen molar-refractivity contribution < 1.29 is 22.2 Å². The predicted molar refractivity (Wildman–Crippen MR) is 90.4 cm³/mol. The minimum Gasteiger partial charge on any atom is -0.379 e. The molecule has 2 aromatic carbocycles. The van der Waals surface area contributed by atoms with Crippen LogP contribution in [0.3, 0.4) is 0 Å². The van der Waals surface area contributed by atoms with Crippen LogP contribution in [0.15, 0.2) is 59.1 Å². The number of hydrogen-bond acceptors (Lipinski definition) is 5. The molecule has 1 heterocycles. The second kappa shape index (κ2) is 6.58. The van der Waals surface area contributed by atoms with Crippen molar-refractivity contribution in [3.8, 4) is 5.75 Å². The molecule has 9 heteroatoms. The third kappa shape index (κ3) is 3.98. The van der Waals surface area contributed by atoms with Crippen molar-refractivity contribution in [1.29, 1.82) is 0 Å². The van der Waals surface area contributed by atoms with Crippen molar-refractivity contribution in [3.05, 3.63) is 64.8 Å². The van der Waals surface area contributed by atoms with Gasteiger partial charge in [-0.1, -0.05) is 23.7 Å². The van der Waals surface area contributed by atoms with E-state index in [1.54, 1.807) is 12.1 Å². The minimum atomic E-state index is -3.98. The number of carbonyl (C=O) groups is 2. The SMILES string of the molecule is O=C1NC(=O)C(=Cc2ccc(OS(=O)(=O)c3ccc(Cl)cc3)cc2)N1. The maximum atomic E-state index is 12.2. The standard InChI is InChI=1S/C16H11ClN2O5S/c17-11-3-7-13(8-4-11)25(22,23)24-12-5-1-10(2-6-12)9-14-15(20)19-16(21)18-14/h1-9H,(H2,18,19,20,21). The van der Waals surface area contributed by atoms with E-state index in [2.05, 4.69) is 10.6 Å². The fraction of sp³-hybridized carbons (Fsp3) is 0. The Morgan fingerprint density at radius 3 is 2.12 bits per heavy atom. The summed E-state index contributed by atoms with van der Waals surface area (Å²) in [6.45, 7) is 0. The van der Waals surface area contributed by atoms with Gasteiger partial charge in [0, 0.05) is 5.02 Å². The van der Waals surface area contributed by atoms with Gasteiger partial charge in [0.1, 0.15) is 16.3 Å². The minimum absolute atomic E-state index is 0.0200. The van der Waals surface area contributed by atoms with Gasteiger partial charge in [-0.3, -0.25) is 10.1 Å². The summed E-state index contributed by atoms with van der Waals surface area (Å²) in [7, 11) is -3.98. The zero-order valence-corrected chi connectivity index (χ0v) is 14.1. The molecule has 1 saturated heterocycles. The molecule has 0 spiro atoms. The van der Waals surface area contributed by atoms with E-state index in [9.17, 15) is 18.0 Å². The van der Waals surface area contributed by atoms with Crippen LogP contribution in [0.1, 0.15) is 5.56 Å². The summed E-state index contributed by atoms with van der Waals surface area (Å²) in [5.41, 5.74) is 0.691. The Morgan fingerprint density at radius 1 is 0.920 bits per heavy atom. The highest BCUT2D eigenvalue weighted by molar-refractivity contribution is 7.87. The molecule has 0 aliphatic carbocycles. The van der Waals surface area contributed by atoms with Crippen LogP contribution in [0.4, 0.5) is 4.79 Å². The van der Waals surface area contributed by atoms with Gasteiger partial charge in [0.05, 0.1) is 0 Å². The summed E-state index contributed by atoms with van der Waals surface area (Å²) < 4.78 is 29.4. The van der Waals surface area contributed by atoms with Crippen molar-refractivity contribution in [2.75, 3.05) is 0 Å². The molecule has 128 valence electrons. The average molecular weight is 379 g/mol. The first-order chi connectivity index (χ1) is 11.8. The molecule has 0 saturated carbocycles. The third-order valence-electron chi connectivity index (χ3n) is 3.22. The molecule has 1 fully saturated rings. The Labute approximate surface area is 148 Å². The molecular weight excluding hydrogens is 368 g/mol. The van der Waals surface area contributed by atoms with Gasteiger partial charge in [-0.05, 0) is 48.0 Å². The predicted octanol–water partition coefficient (Wildman–Crippen LogP) is 2.29. The van der Waals surface area contributed by atoms with Crippen molar-refractivity contribution >= 4 is 39.7 Å². The summed E-state index contributed by atoms with van der Waals surface area (Å²) >= 11 is 5.73. The maximum Gasteiger partial charge on any atom is 0.339 e. The molecule has 25 heavy (non-hydrogen) atoms. The number of urea groups is 1. The van der Waals surface area contributed by atoms with Crippen molar-refractivity contribution in [3.63, 3.8) is 0 Å². The Balaban J connectivity index is 1.77. The van der Waals surface area contributed by atoms with Crippen LogP contribution < -0.4 is 14.8 Å². The van der Waals surface area contributed by atoms with E-state index in [-0.39, 0.29) is 16.3 Å². The van der Waals surface area contributed by atoms with Crippen molar-refractivity contribution in [2.24, 2.45) is 0 Å². The lowest BCUT2D eigenvalue weighted by Crippen LogP contribution is -2.22. The molecule has 7 nitrogen and oxygen atoms in total. The molecule has 2 N–H and O–H groups in total. The first-order valence-electron chi connectivity index (χ1n) is 6.98. The third-order valence-corrected chi connectivity index (χ3v) is 4.73. The Hall–Kier alpha value is -2.84. The van der Waals surface area contributed by atoms with Gasteiger partial charge >= 0.3 is 16.1 Å². The van der Waals surface area contributed by atoms with Gasteiger partial charge in [0.2, 0.25) is 0 Å². The molecule has 0 bridgehead atoms. The number of amides is 3. The van der Waals surface area contributed by atoms with E-state index < -0.39 is 22.1 Å². The fourth-order valence-electron chi connectivity index (χ4n) is 2.04. The van der Waals surface area contributed by atoms with Crippen LogP contribution in [0.5, 0.6) is 5.75 Å². The smallest absolute Gasteiger partial charge is 0.339 e. The number of carbonyl (C=O) groups excluding carboxylic acids is 2. The lowest BCUT2D eigenvalue weighted by atomic mass is 10.2. The van der Waals surface area contributed by atoms with Crippen LogP contribution in [0, 0.1) is 0 Å². The van der Waals surface area contributed by atoms with Gasteiger partial charge in [0.25, 0.3) is 5.91 Å². The molecule has 0 aromatic heterocycles. The number of imide groups is 1. The largest absolute Gasteiger partial charge is 0.379 e. The summed E-state index contributed by atoms with van der Waals surface area (Å²) in [5, 5.41) is 4.85.